The SMILES string of the molecule is Cc1ccc(C(=O)N2CCOC[C@H]2C(=O)O)o1. The number of aliphatic carboxylic acids is 1. The summed E-state index contributed by atoms with van der Waals surface area (Å²) in [4.78, 5) is 24.3. The minimum Gasteiger partial charge on any atom is -0.480 e. The molecule has 6 heteroatoms. The van der Waals surface area contributed by atoms with Gasteiger partial charge in [0.1, 0.15) is 5.76 Å². The van der Waals surface area contributed by atoms with Crippen LogP contribution >= 0.6 is 0 Å². The number of hydrogen-bond acceptors (Lipinski definition) is 4. The molecule has 2 rings (SSSR count). The van der Waals surface area contributed by atoms with E-state index < -0.39 is 17.9 Å². The maximum absolute atomic E-state index is 12.0. The number of hydrogen-bond donors (Lipinski definition) is 1. The molecule has 0 unspecified atom stereocenters. The van der Waals surface area contributed by atoms with Crippen molar-refractivity contribution in [2.75, 3.05) is 19.8 Å². The van der Waals surface area contributed by atoms with E-state index in [1.165, 1.54) is 4.90 Å². The summed E-state index contributed by atoms with van der Waals surface area (Å²) in [6.07, 6.45) is 0. The van der Waals surface area contributed by atoms with Gasteiger partial charge in [0.05, 0.1) is 13.2 Å². The molecule has 1 aromatic heterocycles. The number of ether oxygens (including phenoxy) is 1. The summed E-state index contributed by atoms with van der Waals surface area (Å²) in [5.41, 5.74) is 0. The third-order valence-electron chi connectivity index (χ3n) is 2.63. The zero-order valence-electron chi connectivity index (χ0n) is 9.38. The Hall–Kier alpha value is -1.82. The smallest absolute Gasteiger partial charge is 0.328 e. The highest BCUT2D eigenvalue weighted by Crippen LogP contribution is 2.15. The van der Waals surface area contributed by atoms with Crippen LogP contribution in [-0.2, 0) is 9.53 Å². The normalized spacial score (nSPS) is 20.3. The highest BCUT2D eigenvalue weighted by Gasteiger charge is 2.34. The minimum absolute atomic E-state index is 0.0146. The summed E-state index contributed by atoms with van der Waals surface area (Å²) >= 11 is 0. The van der Waals surface area contributed by atoms with Crippen molar-refractivity contribution in [3.63, 3.8) is 0 Å². The Kier molecular flexibility index (Phi) is 3.14. The van der Waals surface area contributed by atoms with Gasteiger partial charge in [-0.25, -0.2) is 4.79 Å². The van der Waals surface area contributed by atoms with E-state index in [2.05, 4.69) is 0 Å². The van der Waals surface area contributed by atoms with Gasteiger partial charge in [0.2, 0.25) is 0 Å². The molecule has 0 spiro atoms. The molecular formula is C11H13NO5. The fraction of sp³-hybridized carbons (Fsp3) is 0.455. The highest BCUT2D eigenvalue weighted by molar-refractivity contribution is 5.94. The number of aryl methyl sites for hydroxylation is 1. The zero-order chi connectivity index (χ0) is 12.4. The van der Waals surface area contributed by atoms with Crippen LogP contribution < -0.4 is 0 Å². The maximum atomic E-state index is 12.0. The molecule has 2 heterocycles. The molecular weight excluding hydrogens is 226 g/mol. The van der Waals surface area contributed by atoms with Crippen molar-refractivity contribution in [3.8, 4) is 0 Å². The molecule has 0 aromatic carbocycles. The van der Waals surface area contributed by atoms with Crippen LogP contribution in [0.1, 0.15) is 16.3 Å². The van der Waals surface area contributed by atoms with Gasteiger partial charge in [-0.2, -0.15) is 0 Å². The van der Waals surface area contributed by atoms with Gasteiger partial charge in [-0.3, -0.25) is 4.79 Å². The standard InChI is InChI=1S/C11H13NO5/c1-7-2-3-9(17-7)10(13)12-4-5-16-6-8(12)11(14)15/h2-3,8H,4-6H2,1H3,(H,14,15)/t8-/m0/s1. The second-order valence-corrected chi connectivity index (χ2v) is 3.84. The number of nitrogens with zero attached hydrogens (tertiary/aromatic N) is 1. The van der Waals surface area contributed by atoms with Gasteiger partial charge >= 0.3 is 5.97 Å². The van der Waals surface area contributed by atoms with Crippen molar-refractivity contribution >= 4 is 11.9 Å². The summed E-state index contributed by atoms with van der Waals surface area (Å²) in [6.45, 7) is 2.34. The Morgan fingerprint density at radius 2 is 2.24 bits per heavy atom. The molecule has 92 valence electrons. The molecule has 1 aromatic rings. The van der Waals surface area contributed by atoms with E-state index in [4.69, 9.17) is 14.3 Å². The van der Waals surface area contributed by atoms with Gasteiger partial charge < -0.3 is 19.2 Å². The van der Waals surface area contributed by atoms with Crippen molar-refractivity contribution < 1.29 is 23.8 Å². The van der Waals surface area contributed by atoms with E-state index in [0.29, 0.717) is 12.4 Å². The predicted molar refractivity (Wildman–Crippen MR) is 56.7 cm³/mol. The van der Waals surface area contributed by atoms with E-state index in [1.807, 2.05) is 0 Å². The fourth-order valence-electron chi connectivity index (χ4n) is 1.74. The van der Waals surface area contributed by atoms with Crippen molar-refractivity contribution in [1.82, 2.24) is 4.90 Å². The van der Waals surface area contributed by atoms with Crippen LogP contribution in [0, 0.1) is 6.92 Å². The summed E-state index contributed by atoms with van der Waals surface area (Å²) in [7, 11) is 0. The lowest BCUT2D eigenvalue weighted by Crippen LogP contribution is -2.52. The number of morpholine rings is 1. The average molecular weight is 239 g/mol. The molecule has 1 aliphatic heterocycles. The van der Waals surface area contributed by atoms with Crippen molar-refractivity contribution in [2.45, 2.75) is 13.0 Å². The molecule has 0 aliphatic carbocycles. The van der Waals surface area contributed by atoms with Crippen LogP contribution in [0.5, 0.6) is 0 Å². The molecule has 1 N–H and O–H groups in total. The van der Waals surface area contributed by atoms with Crippen LogP contribution in [0.4, 0.5) is 0 Å². The van der Waals surface area contributed by atoms with Crippen molar-refractivity contribution in [3.05, 3.63) is 23.7 Å². The van der Waals surface area contributed by atoms with Crippen LogP contribution in [0.3, 0.4) is 0 Å². The number of rotatable bonds is 2. The molecule has 0 bridgehead atoms. The van der Waals surface area contributed by atoms with E-state index in [0.717, 1.165) is 0 Å². The Morgan fingerprint density at radius 3 is 2.82 bits per heavy atom. The average Bonchev–Trinajstić information content (AvgIpc) is 2.75. The van der Waals surface area contributed by atoms with E-state index in [9.17, 15) is 9.59 Å². The van der Waals surface area contributed by atoms with Crippen LogP contribution in [0.25, 0.3) is 0 Å². The Labute approximate surface area is 97.8 Å². The van der Waals surface area contributed by atoms with Gasteiger partial charge in [-0.05, 0) is 19.1 Å². The first-order valence-corrected chi connectivity index (χ1v) is 5.27. The Balaban J connectivity index is 2.19. The molecule has 1 aliphatic rings. The van der Waals surface area contributed by atoms with Crippen molar-refractivity contribution in [1.29, 1.82) is 0 Å². The zero-order valence-corrected chi connectivity index (χ0v) is 9.38. The monoisotopic (exact) mass is 239 g/mol. The Morgan fingerprint density at radius 1 is 1.47 bits per heavy atom. The molecule has 17 heavy (non-hydrogen) atoms. The van der Waals surface area contributed by atoms with E-state index in [1.54, 1.807) is 19.1 Å². The summed E-state index contributed by atoms with van der Waals surface area (Å²) in [5.74, 6) is -0.695. The van der Waals surface area contributed by atoms with Crippen LogP contribution in [0.15, 0.2) is 16.5 Å². The lowest BCUT2D eigenvalue weighted by atomic mass is 10.2. The van der Waals surface area contributed by atoms with Gasteiger partial charge in [0.15, 0.2) is 11.8 Å². The highest BCUT2D eigenvalue weighted by atomic mass is 16.5. The Bertz CT molecular complexity index is 439. The number of amides is 1. The van der Waals surface area contributed by atoms with Gasteiger partial charge in [0.25, 0.3) is 5.91 Å². The number of carboxylic acids is 1. The second-order valence-electron chi connectivity index (χ2n) is 3.84. The molecule has 1 amide bonds. The van der Waals surface area contributed by atoms with E-state index in [-0.39, 0.29) is 18.9 Å². The van der Waals surface area contributed by atoms with Crippen LogP contribution in [0.2, 0.25) is 0 Å². The van der Waals surface area contributed by atoms with Crippen molar-refractivity contribution in [2.24, 2.45) is 0 Å². The second kappa shape index (κ2) is 4.58. The number of carbonyl (C=O) groups is 2. The molecule has 0 radical (unpaired) electrons. The molecule has 1 fully saturated rings. The number of carboxylic acid groups (broad SMARTS) is 1. The predicted octanol–water partition coefficient (Wildman–Crippen LogP) is 0.514. The topological polar surface area (TPSA) is 80.0 Å². The third kappa shape index (κ3) is 2.31. The van der Waals surface area contributed by atoms with E-state index >= 15 is 0 Å². The number of carbonyl (C=O) groups excluding carboxylic acids is 1. The fourth-order valence-corrected chi connectivity index (χ4v) is 1.74. The minimum atomic E-state index is -1.07. The van der Waals surface area contributed by atoms with Crippen LogP contribution in [-0.4, -0.2) is 47.7 Å². The lowest BCUT2D eigenvalue weighted by Gasteiger charge is -2.32. The first kappa shape index (κ1) is 11.7. The molecule has 1 atom stereocenters. The molecule has 0 saturated carbocycles. The quantitative estimate of drug-likeness (QED) is 0.813. The largest absolute Gasteiger partial charge is 0.480 e. The summed E-state index contributed by atoms with van der Waals surface area (Å²) in [6, 6.07) is 2.27. The maximum Gasteiger partial charge on any atom is 0.328 e. The van der Waals surface area contributed by atoms with Gasteiger partial charge in [-0.1, -0.05) is 0 Å². The third-order valence-corrected chi connectivity index (χ3v) is 2.63. The van der Waals surface area contributed by atoms with Gasteiger partial charge in [-0.15, -0.1) is 0 Å². The summed E-state index contributed by atoms with van der Waals surface area (Å²) < 4.78 is 10.3. The summed E-state index contributed by atoms with van der Waals surface area (Å²) in [5, 5.41) is 9.01. The first-order valence-electron chi connectivity index (χ1n) is 5.27. The molecule has 1 saturated heterocycles. The number of furan rings is 1. The van der Waals surface area contributed by atoms with Gasteiger partial charge in [0, 0.05) is 6.54 Å². The lowest BCUT2D eigenvalue weighted by molar-refractivity contribution is -0.147. The molecule has 6 nitrogen and oxygen atoms in total. The first-order chi connectivity index (χ1) is 8.09.